The number of halogens is 3. The van der Waals surface area contributed by atoms with Crippen molar-refractivity contribution in [3.05, 3.63) is 46.2 Å². The molecule has 7 heteroatoms. The Bertz CT molecular complexity index is 922. The number of imidazole rings is 1. The summed E-state index contributed by atoms with van der Waals surface area (Å²) < 4.78 is 16.5. The number of aromatic nitrogens is 3. The standard InChI is InChI=1S/C17H16Cl2FN3O/c1-8(2)23-14-5-10(11-6-15(19)21-7-12(11)18)4-13(20)16(14)22-17(23)9(3)24/h4-9,24H,1-3H3. The number of fused-ring (bicyclic) bond motifs is 1. The highest BCUT2D eigenvalue weighted by Crippen LogP contribution is 2.34. The molecule has 0 saturated heterocycles. The van der Waals surface area contributed by atoms with Crippen LogP contribution in [0.3, 0.4) is 0 Å². The van der Waals surface area contributed by atoms with Gasteiger partial charge in [0.1, 0.15) is 22.6 Å². The lowest BCUT2D eigenvalue weighted by Crippen LogP contribution is -2.08. The van der Waals surface area contributed by atoms with Gasteiger partial charge in [0.2, 0.25) is 0 Å². The minimum atomic E-state index is -0.804. The summed E-state index contributed by atoms with van der Waals surface area (Å²) in [6.45, 7) is 5.51. The van der Waals surface area contributed by atoms with Crippen LogP contribution in [-0.2, 0) is 0 Å². The van der Waals surface area contributed by atoms with Gasteiger partial charge < -0.3 is 9.67 Å². The number of aliphatic hydroxyl groups excluding tert-OH is 1. The van der Waals surface area contributed by atoms with Crippen LogP contribution in [0, 0.1) is 5.82 Å². The van der Waals surface area contributed by atoms with Crippen LogP contribution in [0.4, 0.5) is 4.39 Å². The Morgan fingerprint density at radius 2 is 1.88 bits per heavy atom. The third-order valence-electron chi connectivity index (χ3n) is 3.80. The van der Waals surface area contributed by atoms with Crippen LogP contribution in [-0.4, -0.2) is 19.6 Å². The highest BCUT2D eigenvalue weighted by molar-refractivity contribution is 6.34. The van der Waals surface area contributed by atoms with Gasteiger partial charge in [-0.2, -0.15) is 0 Å². The molecule has 0 spiro atoms. The van der Waals surface area contributed by atoms with Gasteiger partial charge in [-0.05, 0) is 44.5 Å². The van der Waals surface area contributed by atoms with Crippen LogP contribution >= 0.6 is 23.2 Å². The number of hydrogen-bond donors (Lipinski definition) is 1. The quantitative estimate of drug-likeness (QED) is 0.648. The average molecular weight is 368 g/mol. The Labute approximate surface area is 148 Å². The summed E-state index contributed by atoms with van der Waals surface area (Å²) >= 11 is 12.1. The molecule has 0 aliphatic heterocycles. The second-order valence-corrected chi connectivity index (χ2v) is 6.72. The lowest BCUT2D eigenvalue weighted by Gasteiger charge is -2.15. The van der Waals surface area contributed by atoms with Crippen molar-refractivity contribution in [2.24, 2.45) is 0 Å². The van der Waals surface area contributed by atoms with Crippen LogP contribution in [0.5, 0.6) is 0 Å². The predicted octanol–water partition coefficient (Wildman–Crippen LogP) is 5.18. The maximum atomic E-state index is 14.6. The van der Waals surface area contributed by atoms with E-state index in [9.17, 15) is 9.50 Å². The van der Waals surface area contributed by atoms with Crippen LogP contribution in [0.1, 0.15) is 38.7 Å². The minimum Gasteiger partial charge on any atom is -0.385 e. The van der Waals surface area contributed by atoms with Crippen LogP contribution in [0.15, 0.2) is 24.4 Å². The van der Waals surface area contributed by atoms with Crippen molar-refractivity contribution >= 4 is 34.2 Å². The normalized spacial score (nSPS) is 13.0. The van der Waals surface area contributed by atoms with E-state index in [2.05, 4.69) is 9.97 Å². The molecule has 2 heterocycles. The molecule has 0 fully saturated rings. The predicted molar refractivity (Wildman–Crippen MR) is 94.0 cm³/mol. The number of aliphatic hydroxyl groups is 1. The van der Waals surface area contributed by atoms with E-state index < -0.39 is 11.9 Å². The van der Waals surface area contributed by atoms with Gasteiger partial charge >= 0.3 is 0 Å². The summed E-state index contributed by atoms with van der Waals surface area (Å²) in [6, 6.07) is 4.76. The Hall–Kier alpha value is -1.69. The van der Waals surface area contributed by atoms with Gasteiger partial charge in [0.25, 0.3) is 0 Å². The Balaban J connectivity index is 2.33. The molecule has 24 heavy (non-hydrogen) atoms. The first kappa shape index (κ1) is 17.1. The summed E-state index contributed by atoms with van der Waals surface area (Å²) in [5.74, 6) is -0.0530. The number of nitrogens with zero attached hydrogens (tertiary/aromatic N) is 3. The molecule has 4 nitrogen and oxygen atoms in total. The molecule has 0 saturated carbocycles. The van der Waals surface area contributed by atoms with Gasteiger partial charge in [-0.1, -0.05) is 23.2 Å². The Morgan fingerprint density at radius 3 is 2.50 bits per heavy atom. The van der Waals surface area contributed by atoms with Crippen molar-refractivity contribution < 1.29 is 9.50 Å². The average Bonchev–Trinajstić information content (AvgIpc) is 2.90. The number of benzene rings is 1. The van der Waals surface area contributed by atoms with Crippen molar-refractivity contribution in [1.29, 1.82) is 0 Å². The zero-order valence-corrected chi connectivity index (χ0v) is 14.9. The molecule has 1 N–H and O–H groups in total. The number of rotatable bonds is 3. The molecule has 1 unspecified atom stereocenters. The molecule has 1 atom stereocenters. The molecule has 3 rings (SSSR count). The van der Waals surface area contributed by atoms with Crippen molar-refractivity contribution in [2.45, 2.75) is 32.9 Å². The maximum absolute atomic E-state index is 14.6. The first-order valence-electron chi connectivity index (χ1n) is 7.50. The molecule has 0 amide bonds. The first-order chi connectivity index (χ1) is 11.3. The van der Waals surface area contributed by atoms with Gasteiger partial charge in [0.15, 0.2) is 5.82 Å². The highest BCUT2D eigenvalue weighted by atomic mass is 35.5. The molecule has 0 aliphatic rings. The Kier molecular flexibility index (Phi) is 4.51. The van der Waals surface area contributed by atoms with Gasteiger partial charge in [0.05, 0.1) is 10.5 Å². The Morgan fingerprint density at radius 1 is 1.17 bits per heavy atom. The van der Waals surface area contributed by atoms with Crippen molar-refractivity contribution in [2.75, 3.05) is 0 Å². The lowest BCUT2D eigenvalue weighted by atomic mass is 10.1. The molecule has 2 aromatic heterocycles. The third-order valence-corrected chi connectivity index (χ3v) is 4.31. The van der Waals surface area contributed by atoms with E-state index in [4.69, 9.17) is 23.2 Å². The summed E-state index contributed by atoms with van der Waals surface area (Å²) in [5.41, 5.74) is 1.99. The highest BCUT2D eigenvalue weighted by Gasteiger charge is 2.20. The summed E-state index contributed by atoms with van der Waals surface area (Å²) in [7, 11) is 0. The third kappa shape index (κ3) is 2.88. The SMILES string of the molecule is CC(O)c1nc2c(F)cc(-c3cc(Cl)ncc3Cl)cc2n1C(C)C. The zero-order chi connectivity index (χ0) is 17.6. The smallest absolute Gasteiger partial charge is 0.151 e. The molecule has 0 aliphatic carbocycles. The molecule has 3 aromatic rings. The summed E-state index contributed by atoms with van der Waals surface area (Å²) in [4.78, 5) is 8.19. The van der Waals surface area contributed by atoms with Crippen LogP contribution in [0.25, 0.3) is 22.2 Å². The monoisotopic (exact) mass is 367 g/mol. The molecule has 0 radical (unpaired) electrons. The van der Waals surface area contributed by atoms with Crippen LogP contribution in [0.2, 0.25) is 10.2 Å². The van der Waals surface area contributed by atoms with Gasteiger partial charge in [-0.25, -0.2) is 14.4 Å². The summed E-state index contributed by atoms with van der Waals surface area (Å²) in [6.07, 6.45) is 0.629. The van der Waals surface area contributed by atoms with E-state index in [1.165, 1.54) is 12.3 Å². The zero-order valence-electron chi connectivity index (χ0n) is 13.4. The second-order valence-electron chi connectivity index (χ2n) is 5.92. The molecular formula is C17H16Cl2FN3O. The van der Waals surface area contributed by atoms with E-state index >= 15 is 0 Å². The van der Waals surface area contributed by atoms with E-state index in [0.29, 0.717) is 27.5 Å². The van der Waals surface area contributed by atoms with E-state index in [1.54, 1.807) is 19.1 Å². The first-order valence-corrected chi connectivity index (χ1v) is 8.26. The second kappa shape index (κ2) is 6.31. The molecule has 1 aromatic carbocycles. The maximum Gasteiger partial charge on any atom is 0.151 e. The van der Waals surface area contributed by atoms with Gasteiger partial charge in [-0.3, -0.25) is 0 Å². The van der Waals surface area contributed by atoms with Crippen LogP contribution < -0.4 is 0 Å². The lowest BCUT2D eigenvalue weighted by molar-refractivity contribution is 0.182. The molecule has 0 bridgehead atoms. The number of hydrogen-bond acceptors (Lipinski definition) is 3. The van der Waals surface area contributed by atoms with Crippen molar-refractivity contribution in [1.82, 2.24) is 14.5 Å². The minimum absolute atomic E-state index is 0.00532. The van der Waals surface area contributed by atoms with Gasteiger partial charge in [0, 0.05) is 17.8 Å². The van der Waals surface area contributed by atoms with Crippen molar-refractivity contribution in [3.63, 3.8) is 0 Å². The van der Waals surface area contributed by atoms with Crippen molar-refractivity contribution in [3.8, 4) is 11.1 Å². The summed E-state index contributed by atoms with van der Waals surface area (Å²) in [5, 5.41) is 10.6. The largest absolute Gasteiger partial charge is 0.385 e. The fourth-order valence-electron chi connectivity index (χ4n) is 2.80. The number of pyridine rings is 1. The fourth-order valence-corrected chi connectivity index (χ4v) is 3.17. The molecular weight excluding hydrogens is 352 g/mol. The van der Waals surface area contributed by atoms with E-state index in [-0.39, 0.29) is 16.7 Å². The van der Waals surface area contributed by atoms with Gasteiger partial charge in [-0.15, -0.1) is 0 Å². The molecule has 126 valence electrons. The van der Waals surface area contributed by atoms with E-state index in [1.807, 2.05) is 18.4 Å². The van der Waals surface area contributed by atoms with E-state index in [0.717, 1.165) is 0 Å². The fraction of sp³-hybridized carbons (Fsp3) is 0.294. The topological polar surface area (TPSA) is 50.9 Å².